The van der Waals surface area contributed by atoms with E-state index in [-0.39, 0.29) is 0 Å². The molecule has 3 aromatic rings. The third kappa shape index (κ3) is 6.13. The van der Waals surface area contributed by atoms with E-state index in [0.29, 0.717) is 0 Å². The molecule has 0 N–H and O–H groups in total. The summed E-state index contributed by atoms with van der Waals surface area (Å²) in [4.78, 5) is 7.65. The molecule has 0 aliphatic carbocycles. The van der Waals surface area contributed by atoms with Crippen LogP contribution in [-0.4, -0.2) is 40.7 Å². The first kappa shape index (κ1) is 22.8. The molecule has 1 aliphatic heterocycles. The van der Waals surface area contributed by atoms with E-state index >= 15 is 0 Å². The maximum atomic E-state index is 5.99. The number of unbranched alkanes of at least 4 members (excludes halogenated alkanes) is 1. The van der Waals surface area contributed by atoms with Crippen molar-refractivity contribution in [1.82, 2.24) is 14.5 Å². The van der Waals surface area contributed by atoms with Crippen LogP contribution in [0, 0.1) is 13.8 Å². The summed E-state index contributed by atoms with van der Waals surface area (Å²) >= 11 is 0. The lowest BCUT2D eigenvalue weighted by molar-refractivity contribution is 0.280. The SMILES string of the molecule is Cc1ccc(OCCCCn2c(CCCN3CCCCCC3)nc3ccccc32)cc1C. The van der Waals surface area contributed by atoms with Gasteiger partial charge in [-0.1, -0.05) is 31.0 Å². The second-order valence-electron chi connectivity index (χ2n) is 9.33. The summed E-state index contributed by atoms with van der Waals surface area (Å²) in [6, 6.07) is 14.9. The first-order chi connectivity index (χ1) is 15.7. The standard InChI is InChI=1S/C28H39N3O/c1-23-15-16-25(22-24(23)2)32-21-10-9-20-31-27-13-6-5-12-26(27)29-28(31)14-11-19-30-17-7-3-4-8-18-30/h5-6,12-13,15-16,22H,3-4,7-11,14,17-21H2,1-2H3. The smallest absolute Gasteiger partial charge is 0.119 e. The zero-order valence-corrected chi connectivity index (χ0v) is 20.0. The summed E-state index contributed by atoms with van der Waals surface area (Å²) < 4.78 is 8.44. The number of fused-ring (bicyclic) bond motifs is 1. The van der Waals surface area contributed by atoms with E-state index in [9.17, 15) is 0 Å². The van der Waals surface area contributed by atoms with Gasteiger partial charge in [-0.15, -0.1) is 0 Å². The molecule has 4 rings (SSSR count). The van der Waals surface area contributed by atoms with E-state index in [1.807, 2.05) is 0 Å². The average molecular weight is 434 g/mol. The van der Waals surface area contributed by atoms with Gasteiger partial charge >= 0.3 is 0 Å². The molecule has 1 saturated heterocycles. The fourth-order valence-corrected chi connectivity index (χ4v) is 4.75. The van der Waals surface area contributed by atoms with Crippen LogP contribution in [0.3, 0.4) is 0 Å². The van der Waals surface area contributed by atoms with Crippen LogP contribution < -0.4 is 4.74 Å². The zero-order valence-electron chi connectivity index (χ0n) is 20.0. The van der Waals surface area contributed by atoms with Gasteiger partial charge in [-0.25, -0.2) is 4.98 Å². The first-order valence-corrected chi connectivity index (χ1v) is 12.6. The Bertz CT molecular complexity index is 986. The maximum absolute atomic E-state index is 5.99. The Morgan fingerprint density at radius 1 is 0.844 bits per heavy atom. The second-order valence-corrected chi connectivity index (χ2v) is 9.33. The molecule has 32 heavy (non-hydrogen) atoms. The number of para-hydroxylation sites is 2. The quantitative estimate of drug-likeness (QED) is 0.350. The van der Waals surface area contributed by atoms with E-state index in [1.165, 1.54) is 74.2 Å². The average Bonchev–Trinajstić information content (AvgIpc) is 2.95. The number of likely N-dealkylation sites (tertiary alicyclic amines) is 1. The first-order valence-electron chi connectivity index (χ1n) is 12.6. The van der Waals surface area contributed by atoms with Crippen molar-refractivity contribution >= 4 is 11.0 Å². The highest BCUT2D eigenvalue weighted by Crippen LogP contribution is 2.20. The fraction of sp³-hybridized carbons (Fsp3) is 0.536. The lowest BCUT2D eigenvalue weighted by Crippen LogP contribution is -2.26. The van der Waals surface area contributed by atoms with Gasteiger partial charge in [0.15, 0.2) is 0 Å². The minimum absolute atomic E-state index is 0.763. The van der Waals surface area contributed by atoms with Gasteiger partial charge < -0.3 is 14.2 Å². The largest absolute Gasteiger partial charge is 0.494 e. The van der Waals surface area contributed by atoms with Gasteiger partial charge in [0.25, 0.3) is 0 Å². The Labute approximate surface area is 193 Å². The highest BCUT2D eigenvalue weighted by molar-refractivity contribution is 5.75. The number of aryl methyl sites for hydroxylation is 4. The Hall–Kier alpha value is -2.33. The van der Waals surface area contributed by atoms with Crippen LogP contribution in [0.25, 0.3) is 11.0 Å². The van der Waals surface area contributed by atoms with Crippen LogP contribution in [0.4, 0.5) is 0 Å². The van der Waals surface area contributed by atoms with Crippen LogP contribution in [0.15, 0.2) is 42.5 Å². The van der Waals surface area contributed by atoms with Crippen LogP contribution >= 0.6 is 0 Å². The molecule has 4 heteroatoms. The van der Waals surface area contributed by atoms with Crippen molar-refractivity contribution in [3.8, 4) is 5.75 Å². The fourth-order valence-electron chi connectivity index (χ4n) is 4.75. The Balaban J connectivity index is 1.30. The van der Waals surface area contributed by atoms with Crippen molar-refractivity contribution in [2.75, 3.05) is 26.2 Å². The number of aromatic nitrogens is 2. The second kappa shape index (κ2) is 11.5. The molecule has 0 bridgehead atoms. The number of nitrogens with zero attached hydrogens (tertiary/aromatic N) is 3. The number of rotatable bonds is 10. The van der Waals surface area contributed by atoms with Crippen molar-refractivity contribution in [2.45, 2.75) is 71.8 Å². The van der Waals surface area contributed by atoms with Crippen LogP contribution in [0.1, 0.15) is 61.9 Å². The van der Waals surface area contributed by atoms with E-state index < -0.39 is 0 Å². The van der Waals surface area contributed by atoms with E-state index in [4.69, 9.17) is 9.72 Å². The van der Waals surface area contributed by atoms with E-state index in [1.54, 1.807) is 0 Å². The lowest BCUT2D eigenvalue weighted by atomic mass is 10.1. The van der Waals surface area contributed by atoms with Crippen LogP contribution in [0.5, 0.6) is 5.75 Å². The summed E-state index contributed by atoms with van der Waals surface area (Å²) in [6.45, 7) is 9.80. The zero-order chi connectivity index (χ0) is 22.2. The summed E-state index contributed by atoms with van der Waals surface area (Å²) in [5, 5.41) is 0. The van der Waals surface area contributed by atoms with E-state index in [0.717, 1.165) is 43.7 Å². The van der Waals surface area contributed by atoms with E-state index in [2.05, 4.69) is 65.8 Å². The van der Waals surface area contributed by atoms with Crippen molar-refractivity contribution in [2.24, 2.45) is 0 Å². The van der Waals surface area contributed by atoms with Crippen molar-refractivity contribution in [3.63, 3.8) is 0 Å². The normalized spacial score (nSPS) is 15.2. The molecule has 0 amide bonds. The Morgan fingerprint density at radius 2 is 1.66 bits per heavy atom. The van der Waals surface area contributed by atoms with Gasteiger partial charge in [0.1, 0.15) is 11.6 Å². The highest BCUT2D eigenvalue weighted by atomic mass is 16.5. The van der Waals surface area contributed by atoms with Gasteiger partial charge in [-0.05, 0) is 101 Å². The molecular weight excluding hydrogens is 394 g/mol. The minimum Gasteiger partial charge on any atom is -0.494 e. The summed E-state index contributed by atoms with van der Waals surface area (Å²) in [6.07, 6.45) is 9.94. The topological polar surface area (TPSA) is 30.3 Å². The van der Waals surface area contributed by atoms with Gasteiger partial charge in [-0.3, -0.25) is 0 Å². The maximum Gasteiger partial charge on any atom is 0.119 e. The molecular formula is C28H39N3O. The summed E-state index contributed by atoms with van der Waals surface area (Å²) in [5.41, 5.74) is 5.00. The molecule has 1 aliphatic rings. The number of hydrogen-bond acceptors (Lipinski definition) is 3. The van der Waals surface area contributed by atoms with Gasteiger partial charge in [-0.2, -0.15) is 0 Å². The monoisotopic (exact) mass is 433 g/mol. The number of benzene rings is 2. The predicted molar refractivity (Wildman–Crippen MR) is 134 cm³/mol. The Morgan fingerprint density at radius 3 is 2.47 bits per heavy atom. The highest BCUT2D eigenvalue weighted by Gasteiger charge is 2.12. The minimum atomic E-state index is 0.763. The van der Waals surface area contributed by atoms with Gasteiger partial charge in [0, 0.05) is 13.0 Å². The molecule has 0 unspecified atom stereocenters. The molecule has 0 atom stereocenters. The molecule has 0 spiro atoms. The molecule has 1 fully saturated rings. The number of imidazole rings is 1. The predicted octanol–water partition coefficient (Wildman–Crippen LogP) is 6.32. The van der Waals surface area contributed by atoms with Crippen LogP contribution in [-0.2, 0) is 13.0 Å². The Kier molecular flexibility index (Phi) is 8.22. The summed E-state index contributed by atoms with van der Waals surface area (Å²) in [5.74, 6) is 2.23. The van der Waals surface area contributed by atoms with Gasteiger partial charge in [0.05, 0.1) is 17.6 Å². The lowest BCUT2D eigenvalue weighted by Gasteiger charge is -2.19. The molecule has 0 saturated carbocycles. The number of hydrogen-bond donors (Lipinski definition) is 0. The van der Waals surface area contributed by atoms with Crippen molar-refractivity contribution in [3.05, 3.63) is 59.4 Å². The number of ether oxygens (including phenoxy) is 1. The third-order valence-electron chi connectivity index (χ3n) is 6.83. The summed E-state index contributed by atoms with van der Waals surface area (Å²) in [7, 11) is 0. The third-order valence-corrected chi connectivity index (χ3v) is 6.83. The molecule has 1 aromatic heterocycles. The van der Waals surface area contributed by atoms with Gasteiger partial charge in [0.2, 0.25) is 0 Å². The van der Waals surface area contributed by atoms with Crippen molar-refractivity contribution in [1.29, 1.82) is 0 Å². The molecule has 0 radical (unpaired) electrons. The molecule has 172 valence electrons. The molecule has 2 heterocycles. The molecule has 2 aromatic carbocycles. The van der Waals surface area contributed by atoms with Crippen LogP contribution in [0.2, 0.25) is 0 Å². The molecule has 4 nitrogen and oxygen atoms in total. The van der Waals surface area contributed by atoms with Crippen molar-refractivity contribution < 1.29 is 4.74 Å².